The van der Waals surface area contributed by atoms with Crippen molar-refractivity contribution in [3.05, 3.63) is 11.6 Å². The molecule has 1 aromatic heterocycles. The number of aromatic nitrogens is 3. The summed E-state index contributed by atoms with van der Waals surface area (Å²) >= 11 is 0. The molecule has 0 spiro atoms. The van der Waals surface area contributed by atoms with Gasteiger partial charge in [0.25, 0.3) is 0 Å². The predicted molar refractivity (Wildman–Crippen MR) is 82.5 cm³/mol. The number of carboxylic acid groups (broad SMARTS) is 1. The highest BCUT2D eigenvalue weighted by Crippen LogP contribution is 2.39. The van der Waals surface area contributed by atoms with E-state index < -0.39 is 12.0 Å². The maximum atomic E-state index is 13.0. The number of hydrogen-bond acceptors (Lipinski definition) is 4. The Kier molecular flexibility index (Phi) is 3.90. The third-order valence-corrected chi connectivity index (χ3v) is 5.18. The van der Waals surface area contributed by atoms with E-state index in [9.17, 15) is 14.7 Å². The van der Waals surface area contributed by atoms with Crippen molar-refractivity contribution in [2.45, 2.75) is 65.6 Å². The Morgan fingerprint density at radius 1 is 1.30 bits per heavy atom. The maximum Gasteiger partial charge on any atom is 0.328 e. The molecule has 0 radical (unpaired) electrons. The summed E-state index contributed by atoms with van der Waals surface area (Å²) < 4.78 is 1.80. The summed E-state index contributed by atoms with van der Waals surface area (Å²) in [6.07, 6.45) is 3.80. The van der Waals surface area contributed by atoms with Crippen LogP contribution >= 0.6 is 0 Å². The van der Waals surface area contributed by atoms with Gasteiger partial charge in [-0.15, -0.1) is 10.2 Å². The van der Waals surface area contributed by atoms with E-state index >= 15 is 0 Å². The number of hydrogen-bond donors (Lipinski definition) is 1. The summed E-state index contributed by atoms with van der Waals surface area (Å²) in [5.74, 6) is 0.265. The fourth-order valence-corrected chi connectivity index (χ4v) is 3.90. The molecule has 3 rings (SSSR count). The summed E-state index contributed by atoms with van der Waals surface area (Å²) in [4.78, 5) is 26.1. The van der Waals surface area contributed by atoms with Crippen molar-refractivity contribution in [3.63, 3.8) is 0 Å². The number of carboxylic acids is 1. The molecular formula is C16H24N4O3. The van der Waals surface area contributed by atoms with Crippen LogP contribution in [0.2, 0.25) is 0 Å². The highest BCUT2D eigenvalue weighted by molar-refractivity contribution is 5.85. The van der Waals surface area contributed by atoms with Gasteiger partial charge >= 0.3 is 5.97 Å². The number of fused-ring (bicyclic) bond motifs is 1. The minimum absolute atomic E-state index is 0.0444. The summed E-state index contributed by atoms with van der Waals surface area (Å²) in [5.41, 5.74) is 0.143. The molecule has 1 amide bonds. The van der Waals surface area contributed by atoms with E-state index in [2.05, 4.69) is 24.0 Å². The van der Waals surface area contributed by atoms with E-state index in [-0.39, 0.29) is 30.3 Å². The first-order valence-electron chi connectivity index (χ1n) is 8.20. The van der Waals surface area contributed by atoms with Gasteiger partial charge in [0.15, 0.2) is 5.82 Å². The molecule has 0 aromatic carbocycles. The molecule has 7 heteroatoms. The lowest BCUT2D eigenvalue weighted by Crippen LogP contribution is -2.53. The Morgan fingerprint density at radius 2 is 2.04 bits per heavy atom. The zero-order valence-corrected chi connectivity index (χ0v) is 13.9. The predicted octanol–water partition coefficient (Wildman–Crippen LogP) is 1.60. The van der Waals surface area contributed by atoms with Crippen LogP contribution < -0.4 is 0 Å². The third-order valence-electron chi connectivity index (χ3n) is 5.18. The topological polar surface area (TPSA) is 88.3 Å². The molecule has 0 bridgehead atoms. The van der Waals surface area contributed by atoms with Gasteiger partial charge in [-0.05, 0) is 31.6 Å². The SMILES string of the molecule is Cc1nnc2n1CC(C(=O)O)N(C(=O)C1CCCC(C)(C)C1)C2. The lowest BCUT2D eigenvalue weighted by Gasteiger charge is -2.40. The number of rotatable bonds is 2. The van der Waals surface area contributed by atoms with Crippen LogP contribution in [0.25, 0.3) is 0 Å². The summed E-state index contributed by atoms with van der Waals surface area (Å²) in [5, 5.41) is 17.7. The number of carbonyl (C=O) groups excluding carboxylic acids is 1. The van der Waals surface area contributed by atoms with E-state index in [1.54, 1.807) is 11.5 Å². The number of aliphatic carboxylic acids is 1. The van der Waals surface area contributed by atoms with Crippen LogP contribution in [0.15, 0.2) is 0 Å². The Labute approximate surface area is 135 Å². The average molecular weight is 320 g/mol. The first kappa shape index (κ1) is 16.0. The van der Waals surface area contributed by atoms with E-state index in [0.717, 1.165) is 25.7 Å². The van der Waals surface area contributed by atoms with Crippen molar-refractivity contribution in [1.82, 2.24) is 19.7 Å². The van der Waals surface area contributed by atoms with Gasteiger partial charge in [0.2, 0.25) is 5.91 Å². The van der Waals surface area contributed by atoms with Crippen LogP contribution in [0, 0.1) is 18.3 Å². The largest absolute Gasteiger partial charge is 0.480 e. The van der Waals surface area contributed by atoms with Crippen molar-refractivity contribution in [2.75, 3.05) is 0 Å². The van der Waals surface area contributed by atoms with Crippen molar-refractivity contribution < 1.29 is 14.7 Å². The van der Waals surface area contributed by atoms with E-state index in [1.807, 2.05) is 0 Å². The minimum Gasteiger partial charge on any atom is -0.480 e. The van der Waals surface area contributed by atoms with Gasteiger partial charge in [0.05, 0.1) is 13.1 Å². The average Bonchev–Trinajstić information content (AvgIpc) is 2.85. The first-order valence-corrected chi connectivity index (χ1v) is 8.20. The number of nitrogens with zero attached hydrogens (tertiary/aromatic N) is 4. The van der Waals surface area contributed by atoms with Gasteiger partial charge in [-0.3, -0.25) is 4.79 Å². The molecule has 0 saturated heterocycles. The van der Waals surface area contributed by atoms with Gasteiger partial charge in [-0.1, -0.05) is 20.3 Å². The molecule has 2 aliphatic rings. The van der Waals surface area contributed by atoms with E-state index in [1.165, 1.54) is 4.90 Å². The first-order chi connectivity index (χ1) is 10.8. The standard InChI is InChI=1S/C16H24N4O3/c1-10-17-18-13-9-20(12(15(22)23)8-19(10)13)14(21)11-5-4-6-16(2,3)7-11/h11-12H,4-9H2,1-3H3,(H,22,23). The summed E-state index contributed by atoms with van der Waals surface area (Å²) in [7, 11) is 0. The van der Waals surface area contributed by atoms with Gasteiger partial charge < -0.3 is 14.6 Å². The molecule has 7 nitrogen and oxygen atoms in total. The second kappa shape index (κ2) is 5.62. The Hall–Kier alpha value is -1.92. The van der Waals surface area contributed by atoms with Crippen LogP contribution in [0.3, 0.4) is 0 Å². The van der Waals surface area contributed by atoms with E-state index in [4.69, 9.17) is 0 Å². The second-order valence-electron chi connectivity index (χ2n) is 7.55. The molecule has 1 aliphatic heterocycles. The monoisotopic (exact) mass is 320 g/mol. The lowest BCUT2D eigenvalue weighted by atomic mass is 9.71. The van der Waals surface area contributed by atoms with Crippen molar-refractivity contribution >= 4 is 11.9 Å². The zero-order chi connectivity index (χ0) is 16.8. The molecular weight excluding hydrogens is 296 g/mol. The number of carbonyl (C=O) groups is 2. The van der Waals surface area contributed by atoms with Gasteiger partial charge in [0.1, 0.15) is 11.9 Å². The molecule has 2 heterocycles. The Morgan fingerprint density at radius 3 is 2.70 bits per heavy atom. The number of amides is 1. The fourth-order valence-electron chi connectivity index (χ4n) is 3.90. The van der Waals surface area contributed by atoms with Crippen LogP contribution in [-0.2, 0) is 22.7 Å². The smallest absolute Gasteiger partial charge is 0.328 e. The highest BCUT2D eigenvalue weighted by atomic mass is 16.4. The highest BCUT2D eigenvalue weighted by Gasteiger charge is 2.41. The van der Waals surface area contributed by atoms with Gasteiger partial charge in [-0.25, -0.2) is 4.79 Å². The summed E-state index contributed by atoms with van der Waals surface area (Å²) in [6, 6.07) is -0.838. The van der Waals surface area contributed by atoms with Crippen molar-refractivity contribution in [3.8, 4) is 0 Å². The lowest BCUT2D eigenvalue weighted by molar-refractivity contribution is -0.155. The van der Waals surface area contributed by atoms with Crippen LogP contribution in [0.5, 0.6) is 0 Å². The summed E-state index contributed by atoms with van der Waals surface area (Å²) in [6.45, 7) is 6.62. The molecule has 23 heavy (non-hydrogen) atoms. The zero-order valence-electron chi connectivity index (χ0n) is 13.9. The quantitative estimate of drug-likeness (QED) is 0.894. The molecule has 126 valence electrons. The molecule has 1 fully saturated rings. The molecule has 2 unspecified atom stereocenters. The van der Waals surface area contributed by atoms with Crippen molar-refractivity contribution in [1.29, 1.82) is 0 Å². The van der Waals surface area contributed by atoms with Crippen LogP contribution in [0.4, 0.5) is 0 Å². The molecule has 1 aliphatic carbocycles. The number of aryl methyl sites for hydroxylation is 1. The minimum atomic E-state index is -0.966. The third kappa shape index (κ3) is 2.96. The van der Waals surface area contributed by atoms with Gasteiger partial charge in [-0.2, -0.15) is 0 Å². The van der Waals surface area contributed by atoms with Crippen LogP contribution in [0.1, 0.15) is 51.2 Å². The van der Waals surface area contributed by atoms with Crippen LogP contribution in [-0.4, -0.2) is 42.7 Å². The second-order valence-corrected chi connectivity index (χ2v) is 7.55. The molecule has 1 N–H and O–H groups in total. The van der Waals surface area contributed by atoms with E-state index in [0.29, 0.717) is 11.6 Å². The van der Waals surface area contributed by atoms with Gasteiger partial charge in [0, 0.05) is 5.92 Å². The molecule has 1 saturated carbocycles. The maximum absolute atomic E-state index is 13.0. The Balaban J connectivity index is 1.85. The van der Waals surface area contributed by atoms with Crippen molar-refractivity contribution in [2.24, 2.45) is 11.3 Å². The molecule has 2 atom stereocenters. The Bertz CT molecular complexity index is 637. The molecule has 1 aromatic rings. The fraction of sp³-hybridized carbons (Fsp3) is 0.750. The normalized spacial score (nSPS) is 26.7.